The number of rotatable bonds is 7. The molecule has 0 aliphatic heterocycles. The minimum absolute atomic E-state index is 0.215. The normalized spacial score (nSPS) is 11.5. The minimum Gasteiger partial charge on any atom is -0.463 e. The van der Waals surface area contributed by atoms with Gasteiger partial charge in [-0.1, -0.05) is 32.9 Å². The van der Waals surface area contributed by atoms with E-state index in [1.165, 1.54) is 0 Å². The van der Waals surface area contributed by atoms with E-state index in [9.17, 15) is 0 Å². The second-order valence-electron chi connectivity index (χ2n) is 7.93. The number of hydrogen-bond donors (Lipinski definition) is 2. The highest BCUT2D eigenvalue weighted by molar-refractivity contribution is 5.53. The fourth-order valence-electron chi connectivity index (χ4n) is 3.21. The molecule has 0 saturated heterocycles. The van der Waals surface area contributed by atoms with Crippen LogP contribution >= 0.6 is 0 Å². The Bertz CT molecular complexity index is 1170. The smallest absolute Gasteiger partial charge is 0.227 e. The maximum Gasteiger partial charge on any atom is 0.227 e. The molecule has 2 N–H and O–H groups in total. The van der Waals surface area contributed by atoms with Crippen LogP contribution in [0.2, 0.25) is 0 Å². The minimum atomic E-state index is 0.215. The number of pyridine rings is 1. The van der Waals surface area contributed by atoms with Gasteiger partial charge in [-0.15, -0.1) is 0 Å². The van der Waals surface area contributed by atoms with Gasteiger partial charge in [0.25, 0.3) is 0 Å². The molecule has 174 valence electrons. The molecule has 8 nitrogen and oxygen atoms in total. The molecule has 4 heterocycles. The van der Waals surface area contributed by atoms with E-state index < -0.39 is 0 Å². The first-order valence-corrected chi connectivity index (χ1v) is 11.2. The number of aliphatic hydroxyl groups excluding tert-OH is 1. The van der Waals surface area contributed by atoms with Crippen LogP contribution in [0.15, 0.2) is 59.0 Å². The third kappa shape index (κ3) is 6.04. The van der Waals surface area contributed by atoms with Crippen molar-refractivity contribution in [3.05, 3.63) is 71.5 Å². The number of nitrogens with one attached hydrogen (secondary N) is 1. The molecule has 0 radical (unpaired) electrons. The SMILES string of the molecule is C/C=C(\CC)CO.Cc1nc(NCc2ccc(-c3ccco3)nc2)n2ncc(C(C)C)c2n1. The lowest BCUT2D eigenvalue weighted by Gasteiger charge is -2.09. The zero-order valence-corrected chi connectivity index (χ0v) is 19.9. The highest BCUT2D eigenvalue weighted by atomic mass is 16.3. The molecule has 4 aromatic rings. The van der Waals surface area contributed by atoms with E-state index in [-0.39, 0.29) is 6.61 Å². The standard InChI is InChI=1S/C19H20N6O.C6H12O/c1-12(2)15-11-22-25-18(15)23-13(3)24-19(25)21-10-14-6-7-16(20-9-14)17-5-4-8-26-17;1-3-6(4-2)5-7/h4-9,11-12H,10H2,1-3H3,(H,21,23,24);3,7H,4-5H2,1-2H3/b;6-3+. The van der Waals surface area contributed by atoms with Gasteiger partial charge < -0.3 is 14.8 Å². The van der Waals surface area contributed by atoms with Crippen molar-refractivity contribution in [2.75, 3.05) is 11.9 Å². The van der Waals surface area contributed by atoms with Crippen molar-refractivity contribution in [3.8, 4) is 11.5 Å². The number of hydrogen-bond acceptors (Lipinski definition) is 7. The lowest BCUT2D eigenvalue weighted by atomic mass is 10.1. The van der Waals surface area contributed by atoms with Gasteiger partial charge >= 0.3 is 0 Å². The first-order chi connectivity index (χ1) is 16.0. The number of allylic oxidation sites excluding steroid dienone is 1. The first kappa shape index (κ1) is 24.1. The van der Waals surface area contributed by atoms with Gasteiger partial charge in [-0.3, -0.25) is 4.98 Å². The van der Waals surface area contributed by atoms with E-state index >= 15 is 0 Å². The van der Waals surface area contributed by atoms with Gasteiger partial charge in [-0.05, 0) is 55.5 Å². The van der Waals surface area contributed by atoms with Crippen LogP contribution in [0.5, 0.6) is 0 Å². The second-order valence-corrected chi connectivity index (χ2v) is 7.93. The monoisotopic (exact) mass is 448 g/mol. The van der Waals surface area contributed by atoms with Crippen molar-refractivity contribution in [1.82, 2.24) is 24.6 Å². The van der Waals surface area contributed by atoms with Crippen LogP contribution in [0.4, 0.5) is 5.95 Å². The Morgan fingerprint density at radius 1 is 1.21 bits per heavy atom. The maximum absolute atomic E-state index is 8.46. The summed E-state index contributed by atoms with van der Waals surface area (Å²) in [6.45, 7) is 10.9. The Balaban J connectivity index is 0.000000383. The molecule has 4 aromatic heterocycles. The fraction of sp³-hybridized carbons (Fsp3) is 0.360. The first-order valence-electron chi connectivity index (χ1n) is 11.2. The summed E-state index contributed by atoms with van der Waals surface area (Å²) in [4.78, 5) is 13.5. The summed E-state index contributed by atoms with van der Waals surface area (Å²) in [7, 11) is 0. The van der Waals surface area contributed by atoms with Crippen molar-refractivity contribution < 1.29 is 9.52 Å². The molecule has 0 atom stereocenters. The van der Waals surface area contributed by atoms with Crippen molar-refractivity contribution in [2.45, 2.75) is 53.5 Å². The van der Waals surface area contributed by atoms with Crippen LogP contribution in [0.1, 0.15) is 57.0 Å². The molecular weight excluding hydrogens is 416 g/mol. The molecule has 0 aromatic carbocycles. The molecule has 0 unspecified atom stereocenters. The van der Waals surface area contributed by atoms with Crippen molar-refractivity contribution in [1.29, 1.82) is 0 Å². The molecule has 33 heavy (non-hydrogen) atoms. The molecule has 0 aliphatic rings. The molecule has 0 amide bonds. The topological polar surface area (TPSA) is 101 Å². The van der Waals surface area contributed by atoms with Gasteiger partial charge in [0.1, 0.15) is 11.5 Å². The van der Waals surface area contributed by atoms with Crippen LogP contribution in [0.25, 0.3) is 17.1 Å². The summed E-state index contributed by atoms with van der Waals surface area (Å²) in [6, 6.07) is 7.71. The van der Waals surface area contributed by atoms with Gasteiger partial charge in [-0.25, -0.2) is 4.98 Å². The van der Waals surface area contributed by atoms with E-state index in [1.54, 1.807) is 10.8 Å². The number of nitrogens with zero attached hydrogens (tertiary/aromatic N) is 5. The highest BCUT2D eigenvalue weighted by Crippen LogP contribution is 2.21. The fourth-order valence-corrected chi connectivity index (χ4v) is 3.21. The summed E-state index contributed by atoms with van der Waals surface area (Å²) in [6.07, 6.45) is 8.25. The van der Waals surface area contributed by atoms with Crippen molar-refractivity contribution in [3.63, 3.8) is 0 Å². The Morgan fingerprint density at radius 2 is 2.03 bits per heavy atom. The third-order valence-electron chi connectivity index (χ3n) is 5.24. The number of aliphatic hydroxyl groups is 1. The average molecular weight is 449 g/mol. The van der Waals surface area contributed by atoms with E-state index in [4.69, 9.17) is 9.52 Å². The van der Waals surface area contributed by atoms with Gasteiger partial charge in [0.2, 0.25) is 5.95 Å². The summed E-state index contributed by atoms with van der Waals surface area (Å²) < 4.78 is 7.12. The number of anilines is 1. The predicted octanol–water partition coefficient (Wildman–Crippen LogP) is 5.16. The van der Waals surface area contributed by atoms with Crippen LogP contribution in [0, 0.1) is 6.92 Å². The summed E-state index contributed by atoms with van der Waals surface area (Å²) >= 11 is 0. The Hall–Kier alpha value is -3.52. The number of aryl methyl sites for hydroxylation is 1. The lowest BCUT2D eigenvalue weighted by molar-refractivity contribution is 0.327. The molecule has 0 saturated carbocycles. The predicted molar refractivity (Wildman–Crippen MR) is 130 cm³/mol. The molecule has 0 aliphatic carbocycles. The number of furan rings is 1. The van der Waals surface area contributed by atoms with Gasteiger partial charge in [0.15, 0.2) is 11.4 Å². The van der Waals surface area contributed by atoms with Crippen LogP contribution in [0.3, 0.4) is 0 Å². The summed E-state index contributed by atoms with van der Waals surface area (Å²) in [5.74, 6) is 2.51. The molecule has 8 heteroatoms. The van der Waals surface area contributed by atoms with E-state index in [2.05, 4.69) is 39.2 Å². The van der Waals surface area contributed by atoms with E-state index in [1.807, 2.05) is 63.5 Å². The molecule has 0 spiro atoms. The van der Waals surface area contributed by atoms with Crippen molar-refractivity contribution in [2.24, 2.45) is 0 Å². The van der Waals surface area contributed by atoms with Gasteiger partial charge in [0, 0.05) is 18.3 Å². The Labute approximate surface area is 194 Å². The quantitative estimate of drug-likeness (QED) is 0.377. The summed E-state index contributed by atoms with van der Waals surface area (Å²) in [5.41, 5.74) is 4.93. The Morgan fingerprint density at radius 3 is 2.58 bits per heavy atom. The lowest BCUT2D eigenvalue weighted by Crippen LogP contribution is -2.10. The van der Waals surface area contributed by atoms with Crippen LogP contribution in [-0.4, -0.2) is 36.3 Å². The highest BCUT2D eigenvalue weighted by Gasteiger charge is 2.13. The number of fused-ring (bicyclic) bond motifs is 1. The zero-order valence-electron chi connectivity index (χ0n) is 19.9. The second kappa shape index (κ2) is 11.4. The van der Waals surface area contributed by atoms with E-state index in [0.717, 1.165) is 40.2 Å². The average Bonchev–Trinajstić information content (AvgIpc) is 3.50. The third-order valence-corrected chi connectivity index (χ3v) is 5.24. The van der Waals surface area contributed by atoms with Gasteiger partial charge in [0.05, 0.1) is 19.1 Å². The van der Waals surface area contributed by atoms with E-state index in [0.29, 0.717) is 24.2 Å². The van der Waals surface area contributed by atoms with Crippen molar-refractivity contribution >= 4 is 11.6 Å². The largest absolute Gasteiger partial charge is 0.463 e. The summed E-state index contributed by atoms with van der Waals surface area (Å²) in [5, 5.41) is 16.2. The Kier molecular flexibility index (Phi) is 8.32. The molecular formula is C25H32N6O2. The maximum atomic E-state index is 8.46. The number of aromatic nitrogens is 5. The molecule has 0 fully saturated rings. The van der Waals surface area contributed by atoms with Crippen LogP contribution in [-0.2, 0) is 6.54 Å². The van der Waals surface area contributed by atoms with Gasteiger partial charge in [-0.2, -0.15) is 14.6 Å². The molecule has 4 rings (SSSR count). The van der Waals surface area contributed by atoms with Crippen LogP contribution < -0.4 is 5.32 Å². The zero-order chi connectivity index (χ0) is 23.8. The molecule has 0 bridgehead atoms.